The summed E-state index contributed by atoms with van der Waals surface area (Å²) in [6, 6.07) is 0. The number of nitrogens with one attached hydrogen (secondary N) is 1. The Labute approximate surface area is 79.6 Å². The molecule has 1 rings (SSSR count). The van der Waals surface area contributed by atoms with E-state index in [9.17, 15) is 18.0 Å². The maximum atomic E-state index is 11.7. The predicted molar refractivity (Wildman–Crippen MR) is 42.6 cm³/mol. The molecule has 1 aliphatic rings. The van der Waals surface area contributed by atoms with E-state index in [1.165, 1.54) is 0 Å². The van der Waals surface area contributed by atoms with E-state index in [-0.39, 0.29) is 5.92 Å². The van der Waals surface area contributed by atoms with Gasteiger partial charge in [0.2, 0.25) is 5.91 Å². The Morgan fingerprint density at radius 2 is 1.93 bits per heavy atom. The van der Waals surface area contributed by atoms with Gasteiger partial charge in [0.05, 0.1) is 0 Å². The minimum Gasteiger partial charge on any atom is -0.381 e. The van der Waals surface area contributed by atoms with Crippen LogP contribution in [-0.2, 0) is 9.53 Å². The van der Waals surface area contributed by atoms with Gasteiger partial charge in [-0.15, -0.1) is 0 Å². The lowest BCUT2D eigenvalue weighted by Crippen LogP contribution is -2.39. The van der Waals surface area contributed by atoms with E-state index in [4.69, 9.17) is 4.74 Å². The topological polar surface area (TPSA) is 38.3 Å². The van der Waals surface area contributed by atoms with E-state index in [0.29, 0.717) is 26.1 Å². The highest BCUT2D eigenvalue weighted by atomic mass is 19.4. The Morgan fingerprint density at radius 1 is 1.36 bits per heavy atom. The normalized spacial score (nSPS) is 19.4. The average Bonchev–Trinajstić information content (AvgIpc) is 2.14. The molecule has 6 heteroatoms. The zero-order chi connectivity index (χ0) is 10.6. The van der Waals surface area contributed by atoms with Gasteiger partial charge in [-0.2, -0.15) is 13.2 Å². The van der Waals surface area contributed by atoms with E-state index in [0.717, 1.165) is 0 Å². The smallest absolute Gasteiger partial charge is 0.381 e. The van der Waals surface area contributed by atoms with Gasteiger partial charge in [0.15, 0.2) is 0 Å². The van der Waals surface area contributed by atoms with E-state index < -0.39 is 18.6 Å². The van der Waals surface area contributed by atoms with Crippen molar-refractivity contribution >= 4 is 5.91 Å². The minimum atomic E-state index is -4.33. The van der Waals surface area contributed by atoms with Crippen LogP contribution in [0.15, 0.2) is 0 Å². The van der Waals surface area contributed by atoms with E-state index in [1.807, 2.05) is 5.32 Å². The molecule has 1 aliphatic heterocycles. The van der Waals surface area contributed by atoms with Crippen LogP contribution in [0.5, 0.6) is 0 Å². The largest absolute Gasteiger partial charge is 0.405 e. The van der Waals surface area contributed by atoms with Crippen LogP contribution in [0, 0.1) is 5.92 Å². The zero-order valence-corrected chi connectivity index (χ0v) is 7.56. The summed E-state index contributed by atoms with van der Waals surface area (Å²) in [5.74, 6) is -0.850. The Balaban J connectivity index is 2.27. The van der Waals surface area contributed by atoms with Gasteiger partial charge in [0.25, 0.3) is 0 Å². The van der Waals surface area contributed by atoms with Crippen molar-refractivity contribution in [2.75, 3.05) is 19.8 Å². The number of hydrogen-bond donors (Lipinski definition) is 1. The molecule has 0 spiro atoms. The number of hydrogen-bond acceptors (Lipinski definition) is 2. The molecule has 0 saturated carbocycles. The first-order valence-electron chi connectivity index (χ1n) is 4.41. The summed E-state index contributed by atoms with van der Waals surface area (Å²) in [6.07, 6.45) is -3.33. The van der Waals surface area contributed by atoms with Gasteiger partial charge in [-0.05, 0) is 12.8 Å². The molecule has 0 aromatic rings. The van der Waals surface area contributed by atoms with Crippen LogP contribution < -0.4 is 5.32 Å². The van der Waals surface area contributed by atoms with Crippen molar-refractivity contribution in [2.24, 2.45) is 5.92 Å². The van der Waals surface area contributed by atoms with E-state index >= 15 is 0 Å². The highest BCUT2D eigenvalue weighted by Crippen LogP contribution is 2.16. The Bertz CT molecular complexity index is 199. The second-order valence-corrected chi connectivity index (χ2v) is 3.22. The summed E-state index contributed by atoms with van der Waals surface area (Å²) in [5.41, 5.74) is 0. The Morgan fingerprint density at radius 3 is 2.43 bits per heavy atom. The summed E-state index contributed by atoms with van der Waals surface area (Å²) in [4.78, 5) is 11.2. The maximum absolute atomic E-state index is 11.7. The summed E-state index contributed by atoms with van der Waals surface area (Å²) in [7, 11) is 0. The quantitative estimate of drug-likeness (QED) is 0.742. The van der Waals surface area contributed by atoms with Crippen molar-refractivity contribution in [3.05, 3.63) is 0 Å². The van der Waals surface area contributed by atoms with E-state index in [1.54, 1.807) is 0 Å². The van der Waals surface area contributed by atoms with Crippen LogP contribution in [0.2, 0.25) is 0 Å². The summed E-state index contributed by atoms with van der Waals surface area (Å²) in [6.45, 7) is -0.350. The van der Waals surface area contributed by atoms with Gasteiger partial charge in [0, 0.05) is 19.1 Å². The molecular formula is C8H12F3NO2. The molecule has 0 aromatic heterocycles. The van der Waals surface area contributed by atoms with Gasteiger partial charge in [-0.3, -0.25) is 4.79 Å². The number of carbonyl (C=O) groups is 1. The number of ether oxygens (including phenoxy) is 1. The van der Waals surface area contributed by atoms with Crippen molar-refractivity contribution in [1.82, 2.24) is 5.32 Å². The van der Waals surface area contributed by atoms with Crippen LogP contribution in [0.4, 0.5) is 13.2 Å². The van der Waals surface area contributed by atoms with Crippen molar-refractivity contribution in [3.63, 3.8) is 0 Å². The first-order valence-corrected chi connectivity index (χ1v) is 4.41. The molecule has 1 saturated heterocycles. The Kier molecular flexibility index (Phi) is 3.74. The minimum absolute atomic E-state index is 0.328. The first-order chi connectivity index (χ1) is 6.49. The molecule has 1 N–H and O–H groups in total. The second-order valence-electron chi connectivity index (χ2n) is 3.22. The fourth-order valence-corrected chi connectivity index (χ4v) is 1.29. The third kappa shape index (κ3) is 3.95. The van der Waals surface area contributed by atoms with Crippen molar-refractivity contribution in [2.45, 2.75) is 19.0 Å². The third-order valence-electron chi connectivity index (χ3n) is 2.06. The molecule has 0 aliphatic carbocycles. The molecule has 1 fully saturated rings. The van der Waals surface area contributed by atoms with Crippen LogP contribution in [-0.4, -0.2) is 31.8 Å². The first kappa shape index (κ1) is 11.3. The van der Waals surface area contributed by atoms with Gasteiger partial charge in [-0.25, -0.2) is 0 Å². The monoisotopic (exact) mass is 211 g/mol. The SMILES string of the molecule is O=C(NCC(F)(F)F)C1CCOCC1. The van der Waals surface area contributed by atoms with Gasteiger partial charge in [-0.1, -0.05) is 0 Å². The van der Waals surface area contributed by atoms with Crippen LogP contribution in [0.25, 0.3) is 0 Å². The van der Waals surface area contributed by atoms with Crippen molar-refractivity contribution in [3.8, 4) is 0 Å². The Hall–Kier alpha value is -0.780. The molecule has 14 heavy (non-hydrogen) atoms. The van der Waals surface area contributed by atoms with Gasteiger partial charge >= 0.3 is 6.18 Å². The van der Waals surface area contributed by atoms with Gasteiger partial charge < -0.3 is 10.1 Å². The number of alkyl halides is 3. The summed E-state index contributed by atoms with van der Waals surface area (Å²) < 4.78 is 40.2. The second kappa shape index (κ2) is 4.63. The van der Waals surface area contributed by atoms with Crippen LogP contribution in [0.1, 0.15) is 12.8 Å². The fraction of sp³-hybridized carbons (Fsp3) is 0.875. The molecule has 82 valence electrons. The predicted octanol–water partition coefficient (Wildman–Crippen LogP) is 1.09. The molecule has 0 radical (unpaired) electrons. The highest BCUT2D eigenvalue weighted by Gasteiger charge is 2.30. The fourth-order valence-electron chi connectivity index (χ4n) is 1.29. The lowest BCUT2D eigenvalue weighted by molar-refractivity contribution is -0.142. The molecule has 1 amide bonds. The van der Waals surface area contributed by atoms with Crippen molar-refractivity contribution < 1.29 is 22.7 Å². The van der Waals surface area contributed by atoms with Crippen LogP contribution >= 0.6 is 0 Å². The number of rotatable bonds is 2. The summed E-state index contributed by atoms with van der Waals surface area (Å²) >= 11 is 0. The van der Waals surface area contributed by atoms with E-state index in [2.05, 4.69) is 0 Å². The summed E-state index contributed by atoms with van der Waals surface area (Å²) in [5, 5.41) is 1.87. The highest BCUT2D eigenvalue weighted by molar-refractivity contribution is 5.78. The molecule has 3 nitrogen and oxygen atoms in total. The zero-order valence-electron chi connectivity index (χ0n) is 7.56. The third-order valence-corrected chi connectivity index (χ3v) is 2.06. The molecule has 0 bridgehead atoms. The molecular weight excluding hydrogens is 199 g/mol. The number of carbonyl (C=O) groups excluding carboxylic acids is 1. The van der Waals surface area contributed by atoms with Crippen LogP contribution in [0.3, 0.4) is 0 Å². The average molecular weight is 211 g/mol. The molecule has 0 aromatic carbocycles. The van der Waals surface area contributed by atoms with Gasteiger partial charge in [0.1, 0.15) is 6.54 Å². The molecule has 0 atom stereocenters. The lowest BCUT2D eigenvalue weighted by atomic mass is 9.99. The standard InChI is InChI=1S/C8H12F3NO2/c9-8(10,11)5-12-7(13)6-1-3-14-4-2-6/h6H,1-5H2,(H,12,13). The number of amides is 1. The number of halogens is 3. The molecule has 1 heterocycles. The van der Waals surface area contributed by atoms with Crippen molar-refractivity contribution in [1.29, 1.82) is 0 Å². The molecule has 0 unspecified atom stereocenters. The lowest BCUT2D eigenvalue weighted by Gasteiger charge is -2.21. The maximum Gasteiger partial charge on any atom is 0.405 e.